The zero-order chi connectivity index (χ0) is 20.0. The molecule has 2 aromatic heterocycles. The minimum absolute atomic E-state index is 0.0278. The summed E-state index contributed by atoms with van der Waals surface area (Å²) in [5.41, 5.74) is 4.63. The Balaban J connectivity index is 1.54. The van der Waals surface area contributed by atoms with Gasteiger partial charge in [-0.2, -0.15) is 0 Å². The van der Waals surface area contributed by atoms with Gasteiger partial charge in [0.1, 0.15) is 5.69 Å². The number of para-hydroxylation sites is 1. The second-order valence-electron chi connectivity index (χ2n) is 7.75. The molecule has 0 radical (unpaired) electrons. The number of aromatic nitrogens is 2. The summed E-state index contributed by atoms with van der Waals surface area (Å²) in [4.78, 5) is 37.3. The van der Waals surface area contributed by atoms with Gasteiger partial charge >= 0.3 is 0 Å². The number of carbonyl (C=O) groups excluding carboxylic acids is 2. The minimum atomic E-state index is -0.0483. The SMILES string of the molecule is CN1CCN(C(=O)c2ccc3cccc(-c4cc5c([nH]4)CCNC5=O)c3n2)CC1. The number of nitrogens with one attached hydrogen (secondary N) is 2. The molecule has 1 fully saturated rings. The number of aromatic amines is 1. The number of hydrogen-bond acceptors (Lipinski definition) is 4. The lowest BCUT2D eigenvalue weighted by molar-refractivity contribution is 0.0658. The largest absolute Gasteiger partial charge is 0.358 e. The number of H-pyrrole nitrogens is 1. The highest BCUT2D eigenvalue weighted by atomic mass is 16.2. The van der Waals surface area contributed by atoms with Crippen molar-refractivity contribution < 1.29 is 9.59 Å². The van der Waals surface area contributed by atoms with Crippen molar-refractivity contribution in [3.8, 4) is 11.3 Å². The molecular formula is C22H23N5O2. The van der Waals surface area contributed by atoms with E-state index >= 15 is 0 Å². The summed E-state index contributed by atoms with van der Waals surface area (Å²) in [5.74, 6) is -0.0761. The molecule has 2 aliphatic heterocycles. The second kappa shape index (κ2) is 7.00. The Labute approximate surface area is 168 Å². The molecule has 0 aliphatic carbocycles. The average molecular weight is 389 g/mol. The number of nitrogens with zero attached hydrogens (tertiary/aromatic N) is 3. The molecule has 0 bridgehead atoms. The third-order valence-electron chi connectivity index (χ3n) is 5.82. The van der Waals surface area contributed by atoms with Gasteiger partial charge in [0.15, 0.2) is 0 Å². The van der Waals surface area contributed by atoms with Crippen molar-refractivity contribution >= 4 is 22.7 Å². The summed E-state index contributed by atoms with van der Waals surface area (Å²) in [5, 5.41) is 3.84. The summed E-state index contributed by atoms with van der Waals surface area (Å²) in [7, 11) is 2.07. The van der Waals surface area contributed by atoms with Crippen LogP contribution in [0.2, 0.25) is 0 Å². The van der Waals surface area contributed by atoms with Crippen molar-refractivity contribution in [2.75, 3.05) is 39.8 Å². The van der Waals surface area contributed by atoms with E-state index < -0.39 is 0 Å². The third kappa shape index (κ3) is 3.17. The fourth-order valence-electron chi connectivity index (χ4n) is 4.09. The number of amides is 2. The van der Waals surface area contributed by atoms with Crippen LogP contribution in [0.1, 0.15) is 26.5 Å². The summed E-state index contributed by atoms with van der Waals surface area (Å²) in [6.45, 7) is 3.83. The first kappa shape index (κ1) is 17.9. The lowest BCUT2D eigenvalue weighted by atomic mass is 10.1. The van der Waals surface area contributed by atoms with Crippen molar-refractivity contribution in [3.05, 3.63) is 53.3 Å². The normalized spacial score (nSPS) is 17.3. The number of pyridine rings is 1. The van der Waals surface area contributed by atoms with E-state index in [0.717, 1.165) is 60.5 Å². The first-order valence-corrected chi connectivity index (χ1v) is 9.98. The maximum Gasteiger partial charge on any atom is 0.272 e. The van der Waals surface area contributed by atoms with E-state index in [-0.39, 0.29) is 11.8 Å². The summed E-state index contributed by atoms with van der Waals surface area (Å²) >= 11 is 0. The molecule has 7 nitrogen and oxygen atoms in total. The fourth-order valence-corrected chi connectivity index (χ4v) is 4.09. The van der Waals surface area contributed by atoms with E-state index in [0.29, 0.717) is 17.8 Å². The van der Waals surface area contributed by atoms with Crippen molar-refractivity contribution in [2.24, 2.45) is 0 Å². The Morgan fingerprint density at radius 1 is 1.07 bits per heavy atom. The summed E-state index contributed by atoms with van der Waals surface area (Å²) in [6.07, 6.45) is 0.784. The topological polar surface area (TPSA) is 81.3 Å². The molecule has 5 rings (SSSR count). The molecule has 2 N–H and O–H groups in total. The molecule has 0 atom stereocenters. The highest BCUT2D eigenvalue weighted by molar-refractivity contribution is 6.01. The average Bonchev–Trinajstić information content (AvgIpc) is 3.18. The molecule has 1 saturated heterocycles. The van der Waals surface area contributed by atoms with E-state index in [9.17, 15) is 9.59 Å². The van der Waals surface area contributed by atoms with Crippen LogP contribution in [-0.2, 0) is 6.42 Å². The van der Waals surface area contributed by atoms with Crippen molar-refractivity contribution in [3.63, 3.8) is 0 Å². The van der Waals surface area contributed by atoms with E-state index in [2.05, 4.69) is 22.2 Å². The Morgan fingerprint density at radius 3 is 2.69 bits per heavy atom. The van der Waals surface area contributed by atoms with Crippen LogP contribution in [0.15, 0.2) is 36.4 Å². The number of carbonyl (C=O) groups is 2. The second-order valence-corrected chi connectivity index (χ2v) is 7.75. The van der Waals surface area contributed by atoms with Gasteiger partial charge in [0.05, 0.1) is 11.1 Å². The van der Waals surface area contributed by atoms with Crippen LogP contribution in [0.4, 0.5) is 0 Å². The molecule has 3 aromatic rings. The predicted molar refractivity (Wildman–Crippen MR) is 111 cm³/mol. The van der Waals surface area contributed by atoms with Gasteiger partial charge < -0.3 is 20.1 Å². The Morgan fingerprint density at radius 2 is 1.90 bits per heavy atom. The zero-order valence-corrected chi connectivity index (χ0v) is 16.4. The van der Waals surface area contributed by atoms with Gasteiger partial charge in [0, 0.05) is 61.5 Å². The molecule has 1 aromatic carbocycles. The summed E-state index contributed by atoms with van der Waals surface area (Å²) in [6, 6.07) is 11.6. The van der Waals surface area contributed by atoms with Crippen LogP contribution in [0.3, 0.4) is 0 Å². The van der Waals surface area contributed by atoms with Crippen LogP contribution in [0.5, 0.6) is 0 Å². The molecule has 4 heterocycles. The molecular weight excluding hydrogens is 366 g/mol. The quantitative estimate of drug-likeness (QED) is 0.702. The monoisotopic (exact) mass is 389 g/mol. The first-order chi connectivity index (χ1) is 14.1. The lowest BCUT2D eigenvalue weighted by Gasteiger charge is -2.32. The fraction of sp³-hybridized carbons (Fsp3) is 0.318. The van der Waals surface area contributed by atoms with Crippen molar-refractivity contribution in [1.82, 2.24) is 25.1 Å². The van der Waals surface area contributed by atoms with Crippen molar-refractivity contribution in [1.29, 1.82) is 0 Å². The van der Waals surface area contributed by atoms with Crippen LogP contribution >= 0.6 is 0 Å². The van der Waals surface area contributed by atoms with Crippen LogP contribution < -0.4 is 5.32 Å². The molecule has 148 valence electrons. The predicted octanol–water partition coefficient (Wildman–Crippen LogP) is 1.90. The molecule has 0 unspecified atom stereocenters. The smallest absolute Gasteiger partial charge is 0.272 e. The van der Waals surface area contributed by atoms with Crippen LogP contribution in [0.25, 0.3) is 22.2 Å². The molecule has 29 heavy (non-hydrogen) atoms. The maximum absolute atomic E-state index is 13.0. The number of rotatable bonds is 2. The Bertz CT molecular complexity index is 1110. The van der Waals surface area contributed by atoms with Crippen LogP contribution in [0, 0.1) is 0 Å². The van der Waals surface area contributed by atoms with Crippen LogP contribution in [-0.4, -0.2) is 71.4 Å². The van der Waals surface area contributed by atoms with E-state index in [1.165, 1.54) is 0 Å². The highest BCUT2D eigenvalue weighted by Gasteiger charge is 2.23. The first-order valence-electron chi connectivity index (χ1n) is 9.98. The molecule has 0 spiro atoms. The maximum atomic E-state index is 13.0. The lowest BCUT2D eigenvalue weighted by Crippen LogP contribution is -2.47. The van der Waals surface area contributed by atoms with Gasteiger partial charge in [-0.05, 0) is 19.2 Å². The summed E-state index contributed by atoms with van der Waals surface area (Å²) < 4.78 is 0. The Hall–Kier alpha value is -3.19. The van der Waals surface area contributed by atoms with Gasteiger partial charge in [-0.25, -0.2) is 4.98 Å². The van der Waals surface area contributed by atoms with E-state index in [4.69, 9.17) is 4.98 Å². The van der Waals surface area contributed by atoms with Crippen molar-refractivity contribution in [2.45, 2.75) is 6.42 Å². The molecule has 7 heteroatoms. The number of benzene rings is 1. The van der Waals surface area contributed by atoms with Gasteiger partial charge in [-0.1, -0.05) is 24.3 Å². The van der Waals surface area contributed by atoms with Gasteiger partial charge in [-0.15, -0.1) is 0 Å². The molecule has 2 amide bonds. The number of likely N-dealkylation sites (N-methyl/N-ethyl adjacent to an activating group) is 1. The standard InChI is InChI=1S/C22H23N5O2/c1-26-9-11-27(12-10-26)22(29)18-6-5-14-3-2-4-15(20(14)25-18)19-13-16-17(24-19)7-8-23-21(16)28/h2-6,13,24H,7-12H2,1H3,(H,23,28). The zero-order valence-electron chi connectivity index (χ0n) is 16.4. The molecule has 2 aliphatic rings. The van der Waals surface area contributed by atoms with E-state index in [1.807, 2.05) is 35.2 Å². The Kier molecular flexibility index (Phi) is 4.32. The van der Waals surface area contributed by atoms with E-state index in [1.54, 1.807) is 6.07 Å². The van der Waals surface area contributed by atoms with Gasteiger partial charge in [-0.3, -0.25) is 9.59 Å². The minimum Gasteiger partial charge on any atom is -0.358 e. The number of hydrogen-bond donors (Lipinski definition) is 2. The van der Waals surface area contributed by atoms with Gasteiger partial charge in [0.25, 0.3) is 11.8 Å². The van der Waals surface area contributed by atoms with Gasteiger partial charge in [0.2, 0.25) is 0 Å². The number of piperazine rings is 1. The molecule has 0 saturated carbocycles. The third-order valence-corrected chi connectivity index (χ3v) is 5.82. The highest BCUT2D eigenvalue weighted by Crippen LogP contribution is 2.29. The number of fused-ring (bicyclic) bond motifs is 2.